The minimum Gasteiger partial charge on any atom is -0.379 e. The SMILES string of the molecule is O=S(=O)(c1ccc(Cl)c(NC(=S)Nc2ccc(-c3nc4ccccc4[nH]3)cc2)c1)N1CCOCC1. The highest BCUT2D eigenvalue weighted by Crippen LogP contribution is 2.28. The van der Waals surface area contributed by atoms with E-state index in [4.69, 9.17) is 28.6 Å². The van der Waals surface area contributed by atoms with E-state index < -0.39 is 10.0 Å². The highest BCUT2D eigenvalue weighted by atomic mass is 35.5. The summed E-state index contributed by atoms with van der Waals surface area (Å²) in [6, 6.07) is 20.0. The van der Waals surface area contributed by atoms with Crippen LogP contribution in [-0.2, 0) is 14.8 Å². The van der Waals surface area contributed by atoms with Gasteiger partial charge in [-0.1, -0.05) is 23.7 Å². The molecule has 35 heavy (non-hydrogen) atoms. The van der Waals surface area contributed by atoms with Crippen molar-refractivity contribution in [3.8, 4) is 11.4 Å². The van der Waals surface area contributed by atoms with Gasteiger partial charge in [-0.05, 0) is 66.8 Å². The molecule has 0 unspecified atom stereocenters. The largest absolute Gasteiger partial charge is 0.379 e. The summed E-state index contributed by atoms with van der Waals surface area (Å²) in [6.07, 6.45) is 0. The van der Waals surface area contributed by atoms with E-state index in [0.717, 1.165) is 28.1 Å². The number of hydrogen-bond acceptors (Lipinski definition) is 5. The van der Waals surface area contributed by atoms with Crippen molar-refractivity contribution in [2.24, 2.45) is 0 Å². The number of aromatic amines is 1. The number of imidazole rings is 1. The normalized spacial score (nSPS) is 14.7. The van der Waals surface area contributed by atoms with Gasteiger partial charge in [-0.15, -0.1) is 0 Å². The maximum Gasteiger partial charge on any atom is 0.243 e. The van der Waals surface area contributed by atoms with Gasteiger partial charge in [0.2, 0.25) is 10.0 Å². The van der Waals surface area contributed by atoms with Crippen molar-refractivity contribution in [2.75, 3.05) is 36.9 Å². The van der Waals surface area contributed by atoms with Crippen LogP contribution in [0.2, 0.25) is 5.02 Å². The molecule has 0 radical (unpaired) electrons. The summed E-state index contributed by atoms with van der Waals surface area (Å²) >= 11 is 11.7. The van der Waals surface area contributed by atoms with Gasteiger partial charge in [0.05, 0.1) is 39.9 Å². The second kappa shape index (κ2) is 9.92. The van der Waals surface area contributed by atoms with Crippen LogP contribution in [0, 0.1) is 0 Å². The monoisotopic (exact) mass is 527 g/mol. The van der Waals surface area contributed by atoms with Crippen LogP contribution in [0.15, 0.2) is 71.6 Å². The molecule has 0 atom stereocenters. The smallest absolute Gasteiger partial charge is 0.243 e. The number of nitrogens with one attached hydrogen (secondary N) is 3. The summed E-state index contributed by atoms with van der Waals surface area (Å²) in [5.74, 6) is 0.781. The van der Waals surface area contributed by atoms with Crippen molar-refractivity contribution in [1.29, 1.82) is 0 Å². The highest BCUT2D eigenvalue weighted by Gasteiger charge is 2.27. The van der Waals surface area contributed by atoms with Crippen LogP contribution >= 0.6 is 23.8 Å². The quantitative estimate of drug-likeness (QED) is 0.323. The highest BCUT2D eigenvalue weighted by molar-refractivity contribution is 7.89. The zero-order valence-electron chi connectivity index (χ0n) is 18.5. The lowest BCUT2D eigenvalue weighted by atomic mass is 10.2. The summed E-state index contributed by atoms with van der Waals surface area (Å²) in [7, 11) is -3.65. The van der Waals surface area contributed by atoms with Gasteiger partial charge in [0.25, 0.3) is 0 Å². The lowest BCUT2D eigenvalue weighted by molar-refractivity contribution is 0.0730. The molecular formula is C24H22ClN5O3S2. The van der Waals surface area contributed by atoms with E-state index in [0.29, 0.717) is 37.0 Å². The first-order valence-electron chi connectivity index (χ1n) is 10.9. The van der Waals surface area contributed by atoms with Gasteiger partial charge in [0.15, 0.2) is 5.11 Å². The number of morpholine rings is 1. The van der Waals surface area contributed by atoms with E-state index in [1.807, 2.05) is 48.5 Å². The number of thiocarbonyl (C=S) groups is 1. The summed E-state index contributed by atoms with van der Waals surface area (Å²) in [5.41, 5.74) is 3.98. The molecule has 0 saturated carbocycles. The number of nitrogens with zero attached hydrogens (tertiary/aromatic N) is 2. The Morgan fingerprint density at radius 3 is 2.51 bits per heavy atom. The first-order chi connectivity index (χ1) is 16.9. The number of aromatic nitrogens is 2. The van der Waals surface area contributed by atoms with Gasteiger partial charge in [0, 0.05) is 24.3 Å². The van der Waals surface area contributed by atoms with Gasteiger partial charge < -0.3 is 20.4 Å². The Balaban J connectivity index is 1.28. The molecule has 0 amide bonds. The number of anilines is 2. The summed E-state index contributed by atoms with van der Waals surface area (Å²) in [5, 5.41) is 6.74. The molecule has 1 saturated heterocycles. The van der Waals surface area contributed by atoms with Crippen LogP contribution in [0.5, 0.6) is 0 Å². The van der Waals surface area contributed by atoms with Gasteiger partial charge >= 0.3 is 0 Å². The van der Waals surface area contributed by atoms with Crippen molar-refractivity contribution in [2.45, 2.75) is 4.90 Å². The number of ether oxygens (including phenoxy) is 1. The van der Waals surface area contributed by atoms with Crippen LogP contribution < -0.4 is 10.6 Å². The van der Waals surface area contributed by atoms with Crippen molar-refractivity contribution >= 4 is 61.4 Å². The molecule has 5 rings (SSSR count). The zero-order chi connectivity index (χ0) is 24.4. The molecular weight excluding hydrogens is 506 g/mol. The van der Waals surface area contributed by atoms with Gasteiger partial charge in [-0.25, -0.2) is 13.4 Å². The lowest BCUT2D eigenvalue weighted by Gasteiger charge is -2.26. The van der Waals surface area contributed by atoms with Crippen LogP contribution in [-0.4, -0.2) is 54.1 Å². The van der Waals surface area contributed by atoms with E-state index in [1.165, 1.54) is 16.4 Å². The molecule has 8 nitrogen and oxygen atoms in total. The van der Waals surface area contributed by atoms with E-state index in [2.05, 4.69) is 20.6 Å². The molecule has 4 aromatic rings. The Morgan fingerprint density at radius 1 is 1.03 bits per heavy atom. The molecule has 0 spiro atoms. The topological polar surface area (TPSA) is 99.3 Å². The number of hydrogen-bond donors (Lipinski definition) is 3. The van der Waals surface area contributed by atoms with E-state index in [1.54, 1.807) is 6.07 Å². The molecule has 2 heterocycles. The van der Waals surface area contributed by atoms with Crippen LogP contribution in [0.1, 0.15) is 0 Å². The number of H-pyrrole nitrogens is 1. The molecule has 0 bridgehead atoms. The summed E-state index contributed by atoms with van der Waals surface area (Å²) < 4.78 is 32.6. The number of sulfonamides is 1. The maximum atomic E-state index is 13.0. The molecule has 3 N–H and O–H groups in total. The predicted molar refractivity (Wildman–Crippen MR) is 142 cm³/mol. The number of rotatable bonds is 5. The minimum atomic E-state index is -3.65. The fourth-order valence-corrected chi connectivity index (χ4v) is 5.61. The van der Waals surface area contributed by atoms with Crippen molar-refractivity contribution in [1.82, 2.24) is 14.3 Å². The minimum absolute atomic E-state index is 0.143. The average molecular weight is 528 g/mol. The van der Waals surface area contributed by atoms with E-state index in [-0.39, 0.29) is 10.0 Å². The Kier molecular flexibility index (Phi) is 6.72. The number of benzene rings is 3. The standard InChI is InChI=1S/C24H22ClN5O3S2/c25-19-10-9-18(35(31,32)30-11-13-33-14-12-30)15-22(19)29-24(34)26-17-7-5-16(6-8-17)23-27-20-3-1-2-4-21(20)28-23/h1-10,15H,11-14H2,(H,27,28)(H2,26,29,34). The van der Waals surface area contributed by atoms with Crippen molar-refractivity contribution in [3.63, 3.8) is 0 Å². The third-order valence-corrected chi connectivity index (χ3v) is 8.03. The van der Waals surface area contributed by atoms with Crippen LogP contribution in [0.3, 0.4) is 0 Å². The Morgan fingerprint density at radius 2 is 1.77 bits per heavy atom. The van der Waals surface area contributed by atoms with Crippen molar-refractivity contribution in [3.05, 3.63) is 71.8 Å². The molecule has 3 aromatic carbocycles. The predicted octanol–water partition coefficient (Wildman–Crippen LogP) is 4.71. The second-order valence-corrected chi connectivity index (χ2v) is 10.7. The molecule has 1 fully saturated rings. The Bertz CT molecular complexity index is 1450. The molecule has 180 valence electrons. The number of para-hydroxylation sites is 2. The number of halogens is 1. The zero-order valence-corrected chi connectivity index (χ0v) is 20.9. The van der Waals surface area contributed by atoms with Gasteiger partial charge in [0.1, 0.15) is 5.82 Å². The van der Waals surface area contributed by atoms with Crippen LogP contribution in [0.25, 0.3) is 22.4 Å². The molecule has 1 aliphatic heterocycles. The summed E-state index contributed by atoms with van der Waals surface area (Å²) in [6.45, 7) is 1.39. The van der Waals surface area contributed by atoms with Gasteiger partial charge in [-0.2, -0.15) is 4.31 Å². The first-order valence-corrected chi connectivity index (χ1v) is 13.1. The molecule has 1 aromatic heterocycles. The second-order valence-electron chi connectivity index (χ2n) is 7.92. The summed E-state index contributed by atoms with van der Waals surface area (Å²) in [4.78, 5) is 8.06. The fourth-order valence-electron chi connectivity index (χ4n) is 3.78. The Labute approximate surface area is 213 Å². The average Bonchev–Trinajstić information content (AvgIpc) is 3.30. The number of fused-ring (bicyclic) bond motifs is 1. The molecule has 0 aliphatic carbocycles. The maximum absolute atomic E-state index is 13.0. The van der Waals surface area contributed by atoms with Crippen LogP contribution in [0.4, 0.5) is 11.4 Å². The van der Waals surface area contributed by atoms with E-state index in [9.17, 15) is 8.42 Å². The van der Waals surface area contributed by atoms with Crippen molar-refractivity contribution < 1.29 is 13.2 Å². The van der Waals surface area contributed by atoms with E-state index >= 15 is 0 Å². The Hall–Kier alpha value is -3.02. The third-order valence-electron chi connectivity index (χ3n) is 5.60. The first kappa shape index (κ1) is 23.7. The van der Waals surface area contributed by atoms with Gasteiger partial charge in [-0.3, -0.25) is 0 Å². The fraction of sp³-hybridized carbons (Fsp3) is 0.167. The molecule has 1 aliphatic rings. The lowest BCUT2D eigenvalue weighted by Crippen LogP contribution is -2.40. The molecule has 11 heteroatoms. The third kappa shape index (κ3) is 5.16.